The number of nitrogens with zero attached hydrogens (tertiary/aromatic N) is 1. The van der Waals surface area contributed by atoms with Gasteiger partial charge in [0.2, 0.25) is 0 Å². The number of ketones is 1. The van der Waals surface area contributed by atoms with Crippen LogP contribution in [-0.4, -0.2) is 19.1 Å². The van der Waals surface area contributed by atoms with Crippen molar-refractivity contribution < 1.29 is 31.2 Å². The lowest BCUT2D eigenvalue weighted by Crippen LogP contribution is -2.40. The van der Waals surface area contributed by atoms with E-state index in [-0.39, 0.29) is 33.2 Å². The first-order valence-corrected chi connectivity index (χ1v) is 15.6. The molecule has 210 valence electrons. The number of carbonyl (C=O) groups excluding carboxylic acids is 1. The summed E-state index contributed by atoms with van der Waals surface area (Å²) in [6.07, 6.45) is -8.48. The number of alkyl halides is 5. The third kappa shape index (κ3) is 6.63. The van der Waals surface area contributed by atoms with E-state index < -0.39 is 50.3 Å². The predicted octanol–water partition coefficient (Wildman–Crippen LogP) is 9.58. The number of rotatable bonds is 8. The van der Waals surface area contributed by atoms with Gasteiger partial charge in [0, 0.05) is 16.7 Å². The van der Waals surface area contributed by atoms with Gasteiger partial charge in [-0.15, -0.1) is 0 Å². The molecule has 0 radical (unpaired) electrons. The van der Waals surface area contributed by atoms with E-state index in [9.17, 15) is 26.7 Å². The molecule has 0 saturated carbocycles. The zero-order valence-electron chi connectivity index (χ0n) is 23.2. The van der Waals surface area contributed by atoms with Gasteiger partial charge in [-0.3, -0.25) is 4.79 Å². The quantitative estimate of drug-likeness (QED) is 0.156. The Morgan fingerprint density at radius 3 is 1.97 bits per heavy atom. The molecule has 2 aromatic carbocycles. The van der Waals surface area contributed by atoms with Crippen LogP contribution in [0.3, 0.4) is 0 Å². The van der Waals surface area contributed by atoms with Crippen LogP contribution in [0.4, 0.5) is 22.0 Å². The molecular formula is C30H34F5NO2Si. The maximum atomic E-state index is 14.4. The molecule has 1 heterocycles. The summed E-state index contributed by atoms with van der Waals surface area (Å²) < 4.78 is 78.2. The highest BCUT2D eigenvalue weighted by molar-refractivity contribution is 6.74. The second kappa shape index (κ2) is 11.3. The number of carbonyl (C=O) groups is 1. The van der Waals surface area contributed by atoms with E-state index in [0.717, 1.165) is 5.56 Å². The van der Waals surface area contributed by atoms with Gasteiger partial charge in [0.15, 0.2) is 19.8 Å². The van der Waals surface area contributed by atoms with E-state index in [2.05, 4.69) is 4.98 Å². The summed E-state index contributed by atoms with van der Waals surface area (Å²) in [7, 11) is -2.52. The smallest absolute Gasteiger partial charge is 0.412 e. The number of hydrogen-bond acceptors (Lipinski definition) is 3. The molecule has 3 nitrogen and oxygen atoms in total. The molecule has 0 aliphatic carbocycles. The summed E-state index contributed by atoms with van der Waals surface area (Å²) in [6, 6.07) is 14.1. The molecule has 0 unspecified atom stereocenters. The molecule has 0 saturated heterocycles. The molecule has 1 aromatic heterocycles. The van der Waals surface area contributed by atoms with Crippen LogP contribution in [-0.2, 0) is 17.2 Å². The predicted molar refractivity (Wildman–Crippen MR) is 146 cm³/mol. The minimum atomic E-state index is -5.16. The standard InChI is InChI=1S/C30H34F5NO2Si/c1-18(2)19-13-15-21(16-14-19)26(37)24-23(20-11-9-8-10-12-20)22(17-38-39(6,7)29(3,4)5)25(28(31)32)36-27(24)30(33,34)35/h8-16,18,28H,17H2,1-7H3. The Labute approximate surface area is 227 Å². The molecule has 0 spiro atoms. The van der Waals surface area contributed by atoms with Crippen LogP contribution in [0, 0.1) is 0 Å². The fourth-order valence-electron chi connectivity index (χ4n) is 3.95. The van der Waals surface area contributed by atoms with Crippen LogP contribution in [0.25, 0.3) is 11.1 Å². The number of halogens is 5. The molecular weight excluding hydrogens is 529 g/mol. The molecule has 0 N–H and O–H groups in total. The lowest BCUT2D eigenvalue weighted by molar-refractivity contribution is -0.141. The van der Waals surface area contributed by atoms with Crippen LogP contribution >= 0.6 is 0 Å². The molecule has 3 rings (SSSR count). The average molecular weight is 564 g/mol. The highest BCUT2D eigenvalue weighted by Crippen LogP contribution is 2.43. The van der Waals surface area contributed by atoms with Crippen molar-refractivity contribution in [3.8, 4) is 11.1 Å². The third-order valence-corrected chi connectivity index (χ3v) is 11.8. The first kappa shape index (κ1) is 30.6. The molecule has 0 fully saturated rings. The van der Waals surface area contributed by atoms with Gasteiger partial charge in [-0.25, -0.2) is 13.8 Å². The van der Waals surface area contributed by atoms with Gasteiger partial charge in [-0.2, -0.15) is 13.2 Å². The maximum absolute atomic E-state index is 14.4. The SMILES string of the molecule is CC(C)c1ccc(C(=O)c2c(C(F)(F)F)nc(C(F)F)c(CO[Si](C)(C)C(C)(C)C)c2-c2ccccc2)cc1. The van der Waals surface area contributed by atoms with Crippen LogP contribution in [0.5, 0.6) is 0 Å². The Morgan fingerprint density at radius 1 is 0.949 bits per heavy atom. The fourth-order valence-corrected chi connectivity index (χ4v) is 4.89. The van der Waals surface area contributed by atoms with Crippen molar-refractivity contribution in [2.75, 3.05) is 0 Å². The first-order chi connectivity index (χ1) is 18.0. The molecule has 0 bridgehead atoms. The van der Waals surface area contributed by atoms with Crippen molar-refractivity contribution in [2.24, 2.45) is 0 Å². The minimum Gasteiger partial charge on any atom is -0.412 e. The fraction of sp³-hybridized carbons (Fsp3) is 0.400. The third-order valence-electron chi connectivity index (χ3n) is 7.32. The van der Waals surface area contributed by atoms with Crippen LogP contribution in [0.1, 0.15) is 85.4 Å². The van der Waals surface area contributed by atoms with Crippen molar-refractivity contribution in [3.63, 3.8) is 0 Å². The number of hydrogen-bond donors (Lipinski definition) is 0. The Morgan fingerprint density at radius 2 is 1.51 bits per heavy atom. The minimum absolute atomic E-state index is 0.00458. The van der Waals surface area contributed by atoms with Gasteiger partial charge in [-0.1, -0.05) is 89.2 Å². The summed E-state index contributed by atoms with van der Waals surface area (Å²) in [6.45, 7) is 13.2. The second-order valence-electron chi connectivity index (χ2n) is 11.4. The van der Waals surface area contributed by atoms with Crippen molar-refractivity contribution in [1.29, 1.82) is 0 Å². The van der Waals surface area contributed by atoms with Gasteiger partial charge in [0.1, 0.15) is 5.69 Å². The molecule has 0 amide bonds. The van der Waals surface area contributed by atoms with Crippen LogP contribution < -0.4 is 0 Å². The van der Waals surface area contributed by atoms with Crippen molar-refractivity contribution in [1.82, 2.24) is 4.98 Å². The molecule has 0 aliphatic heterocycles. The van der Waals surface area contributed by atoms with E-state index in [4.69, 9.17) is 4.43 Å². The lowest BCUT2D eigenvalue weighted by atomic mass is 9.87. The van der Waals surface area contributed by atoms with E-state index in [1.807, 2.05) is 47.7 Å². The lowest BCUT2D eigenvalue weighted by Gasteiger charge is -2.36. The van der Waals surface area contributed by atoms with Crippen LogP contribution in [0.2, 0.25) is 18.1 Å². The highest BCUT2D eigenvalue weighted by atomic mass is 28.4. The summed E-state index contributed by atoms with van der Waals surface area (Å²) in [4.78, 5) is 17.2. The zero-order chi connectivity index (χ0) is 29.3. The molecule has 39 heavy (non-hydrogen) atoms. The van der Waals surface area contributed by atoms with Gasteiger partial charge in [-0.05, 0) is 35.2 Å². The number of aromatic nitrogens is 1. The normalized spacial score (nSPS) is 12.9. The number of pyridine rings is 1. The first-order valence-electron chi connectivity index (χ1n) is 12.7. The number of benzene rings is 2. The Hall–Kier alpha value is -2.91. The monoisotopic (exact) mass is 563 g/mol. The second-order valence-corrected chi connectivity index (χ2v) is 16.2. The Bertz CT molecular complexity index is 1310. The molecule has 0 atom stereocenters. The average Bonchev–Trinajstić information content (AvgIpc) is 2.85. The summed E-state index contributed by atoms with van der Waals surface area (Å²) in [5, 5.41) is -0.291. The summed E-state index contributed by atoms with van der Waals surface area (Å²) in [5.41, 5.74) is -2.77. The van der Waals surface area contributed by atoms with Crippen molar-refractivity contribution in [2.45, 2.75) is 77.9 Å². The zero-order valence-corrected chi connectivity index (χ0v) is 24.2. The van der Waals surface area contributed by atoms with Gasteiger partial charge in [0.05, 0.1) is 12.2 Å². The van der Waals surface area contributed by atoms with E-state index >= 15 is 0 Å². The Balaban J connectivity index is 2.40. The largest absolute Gasteiger partial charge is 0.434 e. The topological polar surface area (TPSA) is 39.2 Å². The summed E-state index contributed by atoms with van der Waals surface area (Å²) in [5.74, 6) is -0.802. The summed E-state index contributed by atoms with van der Waals surface area (Å²) >= 11 is 0. The molecule has 3 aromatic rings. The molecule has 9 heteroatoms. The van der Waals surface area contributed by atoms with E-state index in [0.29, 0.717) is 0 Å². The van der Waals surface area contributed by atoms with E-state index in [1.165, 1.54) is 24.3 Å². The van der Waals surface area contributed by atoms with Gasteiger partial charge in [0.25, 0.3) is 6.43 Å². The maximum Gasteiger partial charge on any atom is 0.434 e. The van der Waals surface area contributed by atoms with Gasteiger partial charge >= 0.3 is 6.18 Å². The highest BCUT2D eigenvalue weighted by Gasteiger charge is 2.43. The van der Waals surface area contributed by atoms with Crippen LogP contribution in [0.15, 0.2) is 54.6 Å². The molecule has 0 aliphatic rings. The van der Waals surface area contributed by atoms with E-state index in [1.54, 1.807) is 30.3 Å². The van der Waals surface area contributed by atoms with Crippen molar-refractivity contribution in [3.05, 3.63) is 88.2 Å². The van der Waals surface area contributed by atoms with Crippen molar-refractivity contribution >= 4 is 14.1 Å². The van der Waals surface area contributed by atoms with Gasteiger partial charge < -0.3 is 4.43 Å². The Kier molecular flexibility index (Phi) is 8.87.